The molecule has 2 aliphatic heterocycles. The topological polar surface area (TPSA) is 227 Å². The molecule has 6 heterocycles. The number of nitrogens with zero attached hydrogens (tertiary/aromatic N) is 9. The number of carbonyl (C=O) groups excluding carboxylic acids is 3. The Morgan fingerprint density at radius 2 is 1.49 bits per heavy atom. The number of hydrogen-bond donors (Lipinski definition) is 5. The second-order valence-corrected chi connectivity index (χ2v) is 17.6. The molecule has 2 saturated heterocycles. The zero-order valence-corrected chi connectivity index (χ0v) is 38.2. The number of amides is 2. The van der Waals surface area contributed by atoms with Crippen molar-refractivity contribution in [2.45, 2.75) is 87.7 Å². The molecule has 1 aliphatic carbocycles. The molecule has 22 heteroatoms. The molecular formula is C48H53F3N12O7. The van der Waals surface area contributed by atoms with E-state index in [4.69, 9.17) is 19.7 Å². The summed E-state index contributed by atoms with van der Waals surface area (Å²) in [7, 11) is 0. The van der Waals surface area contributed by atoms with Gasteiger partial charge in [-0.25, -0.2) is 24.4 Å². The molecule has 3 fully saturated rings. The summed E-state index contributed by atoms with van der Waals surface area (Å²) in [5.74, 6) is -1.27. The molecule has 5 N–H and O–H groups in total. The van der Waals surface area contributed by atoms with Crippen LogP contribution in [-0.2, 0) is 20.9 Å². The molecule has 2 aromatic carbocycles. The summed E-state index contributed by atoms with van der Waals surface area (Å²) >= 11 is 0. The highest BCUT2D eigenvalue weighted by atomic mass is 19.4. The SMILES string of the molecule is CCOC(=O)c1ccc(N2CCC(NC(=O)N[C@@H]3CCN(c4nc(NCC(c5ccccc5)c5ccccc5)c5ncn([C@@H]6C[C@H](n7cc(COC(=O)C(F)(F)F)cn7)[C@@H](O)[C@H]6O)c5n4)C3)CC2)nc1. The van der Waals surface area contributed by atoms with Crippen molar-refractivity contribution in [3.05, 3.63) is 120 Å². The van der Waals surface area contributed by atoms with Crippen LogP contribution in [0.2, 0.25) is 0 Å². The van der Waals surface area contributed by atoms with E-state index in [1.54, 1.807) is 23.6 Å². The number of piperidine rings is 1. The first kappa shape index (κ1) is 47.7. The van der Waals surface area contributed by atoms with Gasteiger partial charge >= 0.3 is 24.1 Å². The molecule has 2 amide bonds. The van der Waals surface area contributed by atoms with Crippen LogP contribution >= 0.6 is 0 Å². The first-order chi connectivity index (χ1) is 33.8. The highest BCUT2D eigenvalue weighted by Crippen LogP contribution is 2.40. The van der Waals surface area contributed by atoms with Gasteiger partial charge < -0.3 is 50.0 Å². The zero-order valence-electron chi connectivity index (χ0n) is 38.2. The number of benzene rings is 2. The average Bonchev–Trinajstić information content (AvgIpc) is 4.19. The Labute approximate surface area is 400 Å². The fraction of sp³-hybridized carbons (Fsp3) is 0.417. The number of aliphatic hydroxyl groups excluding tert-OH is 2. The van der Waals surface area contributed by atoms with Gasteiger partial charge in [-0.15, -0.1) is 0 Å². The predicted molar refractivity (Wildman–Crippen MR) is 249 cm³/mol. The number of fused-ring (bicyclic) bond motifs is 1. The van der Waals surface area contributed by atoms with Crippen LogP contribution in [0.15, 0.2) is 97.7 Å². The fourth-order valence-corrected chi connectivity index (χ4v) is 9.43. The number of anilines is 3. The van der Waals surface area contributed by atoms with Crippen molar-refractivity contribution < 1.29 is 47.2 Å². The summed E-state index contributed by atoms with van der Waals surface area (Å²) in [6.45, 7) is 4.06. The van der Waals surface area contributed by atoms with Gasteiger partial charge in [-0.3, -0.25) is 4.68 Å². The summed E-state index contributed by atoms with van der Waals surface area (Å²) in [4.78, 5) is 60.1. The smallest absolute Gasteiger partial charge is 0.462 e. The number of carbonyl (C=O) groups is 3. The number of aromatic nitrogens is 7. The van der Waals surface area contributed by atoms with Crippen molar-refractivity contribution in [3.63, 3.8) is 0 Å². The number of esters is 2. The quantitative estimate of drug-likeness (QED) is 0.0863. The van der Waals surface area contributed by atoms with Gasteiger partial charge in [-0.05, 0) is 55.9 Å². The average molecular weight is 967 g/mol. The normalized spacial score (nSPS) is 20.8. The zero-order chi connectivity index (χ0) is 48.9. The lowest BCUT2D eigenvalue weighted by molar-refractivity contribution is -0.201. The Morgan fingerprint density at radius 1 is 0.814 bits per heavy atom. The van der Waals surface area contributed by atoms with Crippen LogP contribution in [0.1, 0.15) is 77.7 Å². The van der Waals surface area contributed by atoms with Crippen LogP contribution in [0.25, 0.3) is 11.2 Å². The third-order valence-corrected chi connectivity index (χ3v) is 13.1. The molecule has 0 bridgehead atoms. The number of hydrogen-bond acceptors (Lipinski definition) is 15. The predicted octanol–water partition coefficient (Wildman–Crippen LogP) is 4.90. The number of aliphatic hydroxyl groups is 2. The summed E-state index contributed by atoms with van der Waals surface area (Å²) < 4.78 is 50.7. The van der Waals surface area contributed by atoms with Crippen LogP contribution in [0, 0.1) is 0 Å². The standard InChI is InChI=1S/C48H53F3N12O7/c1-2-69-44(66)32-13-14-38(52-23-32)60-18-15-33(16-19-60)56-47(68)57-34-17-20-61(26-34)46-58-42(53-24-35(30-9-5-3-6-10-30)31-11-7-4-8-12-31)39-43(59-46)62(28-54-39)36-21-37(41(65)40(36)64)63-25-29(22-55-63)27-70-45(67)48(49,50)51/h3-14,22-23,25,28,33-37,40-41,64-65H,2,15-21,24,26-27H2,1H3,(H,53,58,59)(H2,56,57,68)/t34-,36-,37+,40+,41-/m1/s1. The Morgan fingerprint density at radius 3 is 2.16 bits per heavy atom. The maximum Gasteiger partial charge on any atom is 0.490 e. The molecule has 5 atom stereocenters. The Hall–Kier alpha value is -7.33. The van der Waals surface area contributed by atoms with E-state index in [2.05, 4.69) is 59.9 Å². The van der Waals surface area contributed by atoms with E-state index in [1.807, 2.05) is 41.3 Å². The third-order valence-electron chi connectivity index (χ3n) is 13.1. The minimum atomic E-state index is -5.15. The molecule has 0 unspecified atom stereocenters. The molecular weight excluding hydrogens is 914 g/mol. The Balaban J connectivity index is 0.906. The number of urea groups is 1. The molecule has 4 aromatic heterocycles. The van der Waals surface area contributed by atoms with Crippen molar-refractivity contribution in [2.75, 3.05) is 54.4 Å². The van der Waals surface area contributed by atoms with E-state index >= 15 is 0 Å². The highest BCUT2D eigenvalue weighted by Gasteiger charge is 2.45. The lowest BCUT2D eigenvalue weighted by atomic mass is 9.91. The van der Waals surface area contributed by atoms with Gasteiger partial charge in [0, 0.05) is 68.7 Å². The third kappa shape index (κ3) is 10.6. The fourth-order valence-electron chi connectivity index (χ4n) is 9.43. The van der Waals surface area contributed by atoms with E-state index in [0.717, 1.165) is 16.9 Å². The Bertz CT molecular complexity index is 2720. The highest BCUT2D eigenvalue weighted by molar-refractivity contribution is 5.89. The molecule has 0 radical (unpaired) electrons. The number of nitrogens with one attached hydrogen (secondary N) is 3. The molecule has 3 aliphatic rings. The van der Waals surface area contributed by atoms with E-state index in [-0.39, 0.29) is 42.6 Å². The van der Waals surface area contributed by atoms with Crippen molar-refractivity contribution in [3.8, 4) is 0 Å². The number of ether oxygens (including phenoxy) is 2. The summed E-state index contributed by atoms with van der Waals surface area (Å²) in [6, 6.07) is 21.5. The number of imidazole rings is 1. The van der Waals surface area contributed by atoms with Gasteiger partial charge in [0.1, 0.15) is 24.6 Å². The molecule has 19 nitrogen and oxygen atoms in total. The molecule has 9 rings (SSSR count). The van der Waals surface area contributed by atoms with Crippen molar-refractivity contribution >= 4 is 46.7 Å². The molecule has 0 spiro atoms. The number of halogens is 3. The molecule has 1 saturated carbocycles. The van der Waals surface area contributed by atoms with Crippen LogP contribution in [-0.4, -0.2) is 132 Å². The minimum Gasteiger partial charge on any atom is -0.462 e. The lowest BCUT2D eigenvalue weighted by Gasteiger charge is -2.33. The lowest BCUT2D eigenvalue weighted by Crippen LogP contribution is -2.50. The maximum absolute atomic E-state index is 13.4. The summed E-state index contributed by atoms with van der Waals surface area (Å²) in [5, 5.41) is 36.9. The van der Waals surface area contributed by atoms with Gasteiger partial charge in [0.15, 0.2) is 17.0 Å². The van der Waals surface area contributed by atoms with E-state index in [1.165, 1.54) is 29.6 Å². The monoisotopic (exact) mass is 966 g/mol. The molecule has 6 aromatic rings. The van der Waals surface area contributed by atoms with Crippen LogP contribution in [0.4, 0.5) is 35.5 Å². The van der Waals surface area contributed by atoms with Gasteiger partial charge in [0.2, 0.25) is 5.95 Å². The second kappa shape index (κ2) is 20.7. The molecule has 70 heavy (non-hydrogen) atoms. The first-order valence-corrected chi connectivity index (χ1v) is 23.2. The minimum absolute atomic E-state index is 0.0508. The largest absolute Gasteiger partial charge is 0.490 e. The summed E-state index contributed by atoms with van der Waals surface area (Å²) in [6.07, 6.45) is -0.0163. The van der Waals surface area contributed by atoms with E-state index < -0.39 is 49.0 Å². The first-order valence-electron chi connectivity index (χ1n) is 23.2. The maximum atomic E-state index is 13.4. The van der Waals surface area contributed by atoms with Crippen LogP contribution < -0.4 is 25.8 Å². The van der Waals surface area contributed by atoms with Gasteiger partial charge in [0.05, 0.1) is 36.8 Å². The second-order valence-electron chi connectivity index (χ2n) is 17.6. The van der Waals surface area contributed by atoms with E-state index in [9.17, 15) is 37.8 Å². The van der Waals surface area contributed by atoms with Gasteiger partial charge in [-0.1, -0.05) is 60.7 Å². The van der Waals surface area contributed by atoms with Crippen molar-refractivity contribution in [1.82, 2.24) is 44.9 Å². The van der Waals surface area contributed by atoms with E-state index in [0.29, 0.717) is 80.5 Å². The Kier molecular flexibility index (Phi) is 14.1. The van der Waals surface area contributed by atoms with Gasteiger partial charge in [0.25, 0.3) is 0 Å². The molecule has 368 valence electrons. The van der Waals surface area contributed by atoms with Crippen LogP contribution in [0.5, 0.6) is 0 Å². The van der Waals surface area contributed by atoms with Crippen molar-refractivity contribution in [2.24, 2.45) is 0 Å². The van der Waals surface area contributed by atoms with Crippen LogP contribution in [0.3, 0.4) is 0 Å². The number of rotatable bonds is 15. The number of pyridine rings is 1. The van der Waals surface area contributed by atoms with Gasteiger partial charge in [-0.2, -0.15) is 28.2 Å². The number of alkyl halides is 3. The summed E-state index contributed by atoms with van der Waals surface area (Å²) in [5.41, 5.74) is 3.53. The van der Waals surface area contributed by atoms with Crippen molar-refractivity contribution in [1.29, 1.82) is 0 Å².